The normalized spacial score (nSPS) is 17.9. The molecule has 0 bridgehead atoms. The molecule has 0 unspecified atom stereocenters. The van der Waals surface area contributed by atoms with Gasteiger partial charge in [-0.2, -0.15) is 8.78 Å². The lowest BCUT2D eigenvalue weighted by Crippen LogP contribution is -2.49. The number of hydrogen-bond acceptors (Lipinski definition) is 6. The van der Waals surface area contributed by atoms with E-state index in [2.05, 4.69) is 16.2 Å². The smallest absolute Gasteiger partial charge is 0.352 e. The van der Waals surface area contributed by atoms with Crippen molar-refractivity contribution in [2.24, 2.45) is 5.92 Å². The van der Waals surface area contributed by atoms with E-state index in [4.69, 9.17) is 0 Å². The molecule has 0 spiro atoms. The minimum atomic E-state index is -4.99. The quantitative estimate of drug-likeness (QED) is 0.565. The van der Waals surface area contributed by atoms with Gasteiger partial charge in [0, 0.05) is 31.4 Å². The maximum Gasteiger partial charge on any atom is 0.352 e. The third-order valence-electron chi connectivity index (χ3n) is 4.96. The van der Waals surface area contributed by atoms with E-state index < -0.39 is 38.5 Å². The van der Waals surface area contributed by atoms with E-state index in [1.165, 1.54) is 29.3 Å². The van der Waals surface area contributed by atoms with Gasteiger partial charge < -0.3 is 26.2 Å². The van der Waals surface area contributed by atoms with Crippen LogP contribution in [0.15, 0.2) is 53.3 Å². The molecule has 1 aromatic rings. The average Bonchev–Trinajstić information content (AvgIpc) is 2.74. The zero-order valence-corrected chi connectivity index (χ0v) is 16.3. The van der Waals surface area contributed by atoms with Crippen molar-refractivity contribution in [1.29, 1.82) is 0 Å². The first-order chi connectivity index (χ1) is 13.8. The molecule has 2 amide bonds. The molecule has 1 saturated heterocycles. The van der Waals surface area contributed by atoms with Crippen molar-refractivity contribution in [3.8, 4) is 0 Å². The van der Waals surface area contributed by atoms with Gasteiger partial charge in [-0.3, -0.25) is 0 Å². The van der Waals surface area contributed by atoms with Gasteiger partial charge in [0.05, 0.1) is 17.2 Å². The SMILES string of the molecule is O=C(NC1=CNNC=C1)N1CCC(C(F)(F)S(=O)(=O)c2ccccc2CO)CC1. The number of carbonyl (C=O) groups excluding carboxylic acids is 1. The van der Waals surface area contributed by atoms with Crippen LogP contribution in [0.1, 0.15) is 18.4 Å². The van der Waals surface area contributed by atoms with Crippen LogP contribution in [0.25, 0.3) is 0 Å². The Morgan fingerprint density at radius 3 is 2.55 bits per heavy atom. The summed E-state index contributed by atoms with van der Waals surface area (Å²) in [5, 5.41) is 7.94. The number of likely N-dealkylation sites (tertiary alicyclic amines) is 1. The largest absolute Gasteiger partial charge is 0.392 e. The first-order valence-corrected chi connectivity index (χ1v) is 10.5. The summed E-state index contributed by atoms with van der Waals surface area (Å²) in [7, 11) is -4.99. The molecule has 0 radical (unpaired) electrons. The van der Waals surface area contributed by atoms with E-state index in [0.717, 1.165) is 6.07 Å². The fourth-order valence-electron chi connectivity index (χ4n) is 3.31. The van der Waals surface area contributed by atoms with Gasteiger partial charge in [0.2, 0.25) is 9.84 Å². The van der Waals surface area contributed by atoms with Crippen LogP contribution in [0.3, 0.4) is 0 Å². The summed E-state index contributed by atoms with van der Waals surface area (Å²) >= 11 is 0. The van der Waals surface area contributed by atoms with Crippen LogP contribution in [0, 0.1) is 5.92 Å². The Bertz CT molecular complexity index is 926. The van der Waals surface area contributed by atoms with Crippen molar-refractivity contribution in [2.45, 2.75) is 29.6 Å². The number of hydrogen-bond donors (Lipinski definition) is 4. The van der Waals surface area contributed by atoms with Crippen LogP contribution in [0.5, 0.6) is 0 Å². The number of nitrogens with zero attached hydrogens (tertiary/aromatic N) is 1. The zero-order valence-electron chi connectivity index (χ0n) is 15.4. The number of aliphatic hydroxyl groups excluding tert-OH is 1. The predicted octanol–water partition coefficient (Wildman–Crippen LogP) is 1.43. The molecule has 8 nitrogen and oxygen atoms in total. The standard InChI is InChI=1S/C18H22F2N4O4S/c19-18(20,29(27,28)16-4-2-1-3-13(16)12-25)14-6-9-24(10-7-14)17(26)23-15-5-8-21-22-11-15/h1-5,8,11,14,21-22,25H,6-7,9-10,12H2,(H,23,26). The van der Waals surface area contributed by atoms with Crippen LogP contribution in [0.2, 0.25) is 0 Å². The first kappa shape index (κ1) is 21.1. The highest BCUT2D eigenvalue weighted by molar-refractivity contribution is 7.92. The molecule has 2 aliphatic heterocycles. The number of piperidine rings is 1. The lowest BCUT2D eigenvalue weighted by atomic mass is 9.97. The van der Waals surface area contributed by atoms with Crippen molar-refractivity contribution in [2.75, 3.05) is 13.1 Å². The van der Waals surface area contributed by atoms with Gasteiger partial charge in [-0.15, -0.1) is 0 Å². The van der Waals surface area contributed by atoms with Gasteiger partial charge in [-0.1, -0.05) is 18.2 Å². The van der Waals surface area contributed by atoms with Crippen LogP contribution in [-0.4, -0.2) is 42.8 Å². The van der Waals surface area contributed by atoms with Gasteiger partial charge >= 0.3 is 11.3 Å². The third kappa shape index (κ3) is 4.20. The number of rotatable bonds is 5. The molecule has 11 heteroatoms. The summed E-state index contributed by atoms with van der Waals surface area (Å²) in [6.07, 6.45) is 4.42. The van der Waals surface area contributed by atoms with Crippen molar-refractivity contribution in [3.05, 3.63) is 54.0 Å². The fourth-order valence-corrected chi connectivity index (χ4v) is 5.01. The number of benzene rings is 1. The monoisotopic (exact) mass is 428 g/mol. The van der Waals surface area contributed by atoms with E-state index in [1.54, 1.807) is 12.3 Å². The van der Waals surface area contributed by atoms with Gasteiger partial charge in [0.15, 0.2) is 0 Å². The highest BCUT2D eigenvalue weighted by atomic mass is 32.2. The first-order valence-electron chi connectivity index (χ1n) is 9.02. The Labute approximate surface area is 167 Å². The number of carbonyl (C=O) groups is 1. The van der Waals surface area contributed by atoms with E-state index in [0.29, 0.717) is 5.70 Å². The molecule has 0 saturated carbocycles. The number of aliphatic hydroxyl groups is 1. The predicted molar refractivity (Wildman–Crippen MR) is 101 cm³/mol. The Hall–Kier alpha value is -2.66. The molecule has 1 fully saturated rings. The molecule has 4 N–H and O–H groups in total. The molecule has 0 atom stereocenters. The number of halogens is 2. The maximum atomic E-state index is 15.0. The summed E-state index contributed by atoms with van der Waals surface area (Å²) < 4.78 is 55.2. The summed E-state index contributed by atoms with van der Waals surface area (Å²) in [5.41, 5.74) is 5.83. The number of hydrazine groups is 1. The Morgan fingerprint density at radius 2 is 1.93 bits per heavy atom. The summed E-state index contributed by atoms with van der Waals surface area (Å²) in [5.74, 6) is -1.43. The van der Waals surface area contributed by atoms with Crippen molar-refractivity contribution in [1.82, 2.24) is 21.1 Å². The Balaban J connectivity index is 1.68. The fraction of sp³-hybridized carbons (Fsp3) is 0.389. The zero-order chi connectivity index (χ0) is 21.1. The van der Waals surface area contributed by atoms with Crippen LogP contribution in [-0.2, 0) is 16.4 Å². The minimum absolute atomic E-state index is 0.00588. The van der Waals surface area contributed by atoms with Crippen molar-refractivity contribution in [3.63, 3.8) is 0 Å². The summed E-state index contributed by atoms with van der Waals surface area (Å²) in [6.45, 7) is -0.642. The Kier molecular flexibility index (Phi) is 6.08. The van der Waals surface area contributed by atoms with E-state index >= 15 is 0 Å². The highest BCUT2D eigenvalue weighted by Gasteiger charge is 2.53. The molecule has 29 heavy (non-hydrogen) atoms. The van der Waals surface area contributed by atoms with Crippen molar-refractivity contribution < 1.29 is 27.1 Å². The van der Waals surface area contributed by atoms with Crippen molar-refractivity contribution >= 4 is 15.9 Å². The van der Waals surface area contributed by atoms with Gasteiger partial charge in [-0.25, -0.2) is 13.2 Å². The van der Waals surface area contributed by atoms with Gasteiger partial charge in [-0.05, 0) is 30.5 Å². The Morgan fingerprint density at radius 1 is 1.24 bits per heavy atom. The summed E-state index contributed by atoms with van der Waals surface area (Å²) in [6, 6.07) is 4.75. The molecule has 0 aliphatic carbocycles. The lowest BCUT2D eigenvalue weighted by Gasteiger charge is -2.35. The number of sulfone groups is 1. The summed E-state index contributed by atoms with van der Waals surface area (Å²) in [4.78, 5) is 13.1. The molecular formula is C18H22F2N4O4S. The molecule has 2 aliphatic rings. The van der Waals surface area contributed by atoms with Crippen LogP contribution in [0.4, 0.5) is 13.6 Å². The molecule has 2 heterocycles. The molecule has 0 aromatic heterocycles. The highest BCUT2D eigenvalue weighted by Crippen LogP contribution is 2.41. The number of allylic oxidation sites excluding steroid dienone is 1. The number of nitrogens with one attached hydrogen (secondary N) is 3. The lowest BCUT2D eigenvalue weighted by molar-refractivity contribution is -0.000235. The van der Waals surface area contributed by atoms with E-state index in [-0.39, 0.29) is 31.5 Å². The molecular weight excluding hydrogens is 406 g/mol. The second kappa shape index (κ2) is 8.37. The minimum Gasteiger partial charge on any atom is -0.392 e. The van der Waals surface area contributed by atoms with Crippen LogP contribution >= 0.6 is 0 Å². The van der Waals surface area contributed by atoms with E-state index in [1.807, 2.05) is 0 Å². The number of amides is 2. The topological polar surface area (TPSA) is 111 Å². The second-order valence-corrected chi connectivity index (χ2v) is 8.74. The molecule has 1 aromatic carbocycles. The van der Waals surface area contributed by atoms with Gasteiger partial charge in [0.1, 0.15) is 0 Å². The third-order valence-corrected chi connectivity index (χ3v) is 6.98. The molecule has 158 valence electrons. The number of alkyl halides is 2. The molecule has 3 rings (SSSR count). The van der Waals surface area contributed by atoms with E-state index in [9.17, 15) is 27.1 Å². The van der Waals surface area contributed by atoms with Gasteiger partial charge in [0.25, 0.3) is 0 Å². The second-order valence-electron chi connectivity index (χ2n) is 6.74. The average molecular weight is 428 g/mol. The van der Waals surface area contributed by atoms with Crippen LogP contribution < -0.4 is 16.2 Å². The number of urea groups is 1. The maximum absolute atomic E-state index is 15.0.